The first-order valence-electron chi connectivity index (χ1n) is 39.8. The van der Waals surface area contributed by atoms with Crippen LogP contribution in [0.3, 0.4) is 0 Å². The molecule has 0 radical (unpaired) electrons. The molecule has 0 aromatic carbocycles. The molecule has 3 N–H and O–H groups in total. The second-order valence-electron chi connectivity index (χ2n) is 27.4. The Morgan fingerprint density at radius 3 is 0.621 bits per heavy atom. The van der Waals surface area contributed by atoms with E-state index in [1.54, 1.807) is 0 Å². The lowest BCUT2D eigenvalue weighted by Crippen LogP contribution is -2.30. The molecule has 0 aromatic heterocycles. The molecule has 0 aliphatic rings. The summed E-state index contributed by atoms with van der Waals surface area (Å²) in [4.78, 5) is 72.8. The lowest BCUT2D eigenvalue weighted by atomic mass is 10.0. The maximum absolute atomic E-state index is 13.1. The molecule has 0 rings (SSSR count). The van der Waals surface area contributed by atoms with Crippen molar-refractivity contribution in [1.29, 1.82) is 0 Å². The Labute approximate surface area is 581 Å². The Kier molecular flexibility index (Phi) is 69.1. The van der Waals surface area contributed by atoms with Gasteiger partial charge in [-0.3, -0.25) is 37.3 Å². The zero-order chi connectivity index (χ0) is 69.7. The minimum atomic E-state index is -4.96. The van der Waals surface area contributed by atoms with Crippen molar-refractivity contribution >= 4 is 39.5 Å². The van der Waals surface area contributed by atoms with Gasteiger partial charge in [-0.25, -0.2) is 9.13 Å². The van der Waals surface area contributed by atoms with Gasteiger partial charge in [0.25, 0.3) is 0 Å². The third-order valence-electron chi connectivity index (χ3n) is 17.9. The molecule has 0 spiro atoms. The highest BCUT2D eigenvalue weighted by Gasteiger charge is 2.30. The minimum absolute atomic E-state index is 0.108. The molecule has 17 nitrogen and oxygen atoms in total. The average Bonchev–Trinajstić information content (AvgIpc) is 2.00. The Bertz CT molecular complexity index is 1810. The van der Waals surface area contributed by atoms with E-state index >= 15 is 0 Å². The Balaban J connectivity index is 5.25. The van der Waals surface area contributed by atoms with Gasteiger partial charge in [0.05, 0.1) is 26.4 Å². The first kappa shape index (κ1) is 93.1. The van der Waals surface area contributed by atoms with E-state index in [9.17, 15) is 43.2 Å². The smallest absolute Gasteiger partial charge is 0.462 e. The third-order valence-corrected chi connectivity index (χ3v) is 19.8. The molecule has 0 saturated carbocycles. The van der Waals surface area contributed by atoms with Gasteiger partial charge in [0, 0.05) is 25.7 Å². The molecule has 5 atom stereocenters. The van der Waals surface area contributed by atoms with Crippen molar-refractivity contribution < 1.29 is 80.2 Å². The summed E-state index contributed by atoms with van der Waals surface area (Å²) in [5.74, 6) is -2.11. The monoisotopic (exact) mass is 1400 g/mol. The number of aliphatic hydroxyl groups excluding tert-OH is 1. The molecule has 0 aliphatic heterocycles. The summed E-state index contributed by atoms with van der Waals surface area (Å²) in [6.07, 6.45) is 60.8. The summed E-state index contributed by atoms with van der Waals surface area (Å²) >= 11 is 0. The van der Waals surface area contributed by atoms with Gasteiger partial charge >= 0.3 is 39.5 Å². The number of hydrogen-bond acceptors (Lipinski definition) is 15. The van der Waals surface area contributed by atoms with Crippen LogP contribution in [0.15, 0.2) is 0 Å². The van der Waals surface area contributed by atoms with Crippen molar-refractivity contribution in [1.82, 2.24) is 0 Å². The number of ether oxygens (including phenoxy) is 4. The van der Waals surface area contributed by atoms with Crippen molar-refractivity contribution in [2.24, 2.45) is 0 Å². The quantitative estimate of drug-likeness (QED) is 0.0222. The maximum atomic E-state index is 13.1. The van der Waals surface area contributed by atoms with Crippen LogP contribution in [0.1, 0.15) is 407 Å². The summed E-state index contributed by atoms with van der Waals surface area (Å²) in [5, 5.41) is 10.6. The third kappa shape index (κ3) is 70.3. The van der Waals surface area contributed by atoms with Gasteiger partial charge in [0.15, 0.2) is 12.2 Å². The number of carbonyl (C=O) groups excluding carboxylic acids is 4. The van der Waals surface area contributed by atoms with Crippen LogP contribution in [0.25, 0.3) is 0 Å². The van der Waals surface area contributed by atoms with E-state index < -0.39 is 97.5 Å². The topological polar surface area (TPSA) is 237 Å². The zero-order valence-electron chi connectivity index (χ0n) is 61.6. The van der Waals surface area contributed by atoms with Crippen LogP contribution < -0.4 is 0 Å². The molecule has 19 heteroatoms. The predicted molar refractivity (Wildman–Crippen MR) is 386 cm³/mol. The Hall–Kier alpha value is -1.94. The first-order valence-corrected chi connectivity index (χ1v) is 42.8. The summed E-state index contributed by atoms with van der Waals surface area (Å²) < 4.78 is 68.6. The normalized spacial score (nSPS) is 13.9. The highest BCUT2D eigenvalue weighted by Crippen LogP contribution is 2.45. The molecule has 0 bridgehead atoms. The molecule has 2 unspecified atom stereocenters. The number of hydrogen-bond donors (Lipinski definition) is 3. The fourth-order valence-electron chi connectivity index (χ4n) is 11.8. The summed E-state index contributed by atoms with van der Waals surface area (Å²) in [6.45, 7) is 5.00. The number of unbranched alkanes of at least 4 members (excludes halogenated alkanes) is 51. The van der Waals surface area contributed by atoms with Crippen LogP contribution in [-0.4, -0.2) is 96.7 Å². The summed E-state index contributed by atoms with van der Waals surface area (Å²) in [5.41, 5.74) is 0. The van der Waals surface area contributed by atoms with E-state index in [1.165, 1.54) is 238 Å². The van der Waals surface area contributed by atoms with Gasteiger partial charge < -0.3 is 33.8 Å². The fourth-order valence-corrected chi connectivity index (χ4v) is 13.3. The van der Waals surface area contributed by atoms with Crippen molar-refractivity contribution in [2.45, 2.75) is 425 Å². The molecule has 95 heavy (non-hydrogen) atoms. The van der Waals surface area contributed by atoms with Gasteiger partial charge in [-0.15, -0.1) is 0 Å². The molecule has 564 valence electrons. The number of aliphatic hydroxyl groups is 1. The molecule has 0 aromatic rings. The van der Waals surface area contributed by atoms with Gasteiger partial charge in [-0.05, 0) is 25.7 Å². The number of esters is 4. The van der Waals surface area contributed by atoms with Gasteiger partial charge in [0.2, 0.25) is 0 Å². The van der Waals surface area contributed by atoms with Crippen molar-refractivity contribution in [2.75, 3.05) is 39.6 Å². The zero-order valence-corrected chi connectivity index (χ0v) is 63.4. The molecule has 0 heterocycles. The highest BCUT2D eigenvalue weighted by molar-refractivity contribution is 7.47. The average molecular weight is 1400 g/mol. The van der Waals surface area contributed by atoms with Crippen molar-refractivity contribution in [3.05, 3.63) is 0 Å². The van der Waals surface area contributed by atoms with Crippen LogP contribution in [0, 0.1) is 0 Å². The lowest BCUT2D eigenvalue weighted by molar-refractivity contribution is -0.161. The van der Waals surface area contributed by atoms with E-state index in [-0.39, 0.29) is 25.7 Å². The number of phosphoric acid groups is 2. The second kappa shape index (κ2) is 70.5. The number of phosphoric ester groups is 2. The highest BCUT2D eigenvalue weighted by atomic mass is 31.2. The minimum Gasteiger partial charge on any atom is -0.462 e. The standard InChI is InChI=1S/C76H148O17P2/c1-5-9-13-17-21-25-29-32-34-36-39-43-47-51-55-59-63-76(81)93-72(67-87-74(79)61-57-53-49-45-41-38-35-33-30-26-22-18-14-10-6-2)69-91-95(84,85)89-65-70(77)64-88-94(82,83)90-68-71(66-86-73(78)60-56-52-48-44-40-28-24-20-16-12-8-4)92-75(80)62-58-54-50-46-42-37-31-27-23-19-15-11-7-3/h70-72,77H,5-69H2,1-4H3,(H,82,83)(H,84,85)/t70-,71+,72+/m0/s1. The van der Waals surface area contributed by atoms with E-state index in [4.69, 9.17) is 37.0 Å². The fraction of sp³-hybridized carbons (Fsp3) is 0.947. The summed E-state index contributed by atoms with van der Waals surface area (Å²) in [7, 11) is -9.91. The second-order valence-corrected chi connectivity index (χ2v) is 30.3. The summed E-state index contributed by atoms with van der Waals surface area (Å²) in [6, 6.07) is 0. The number of rotatable bonds is 77. The van der Waals surface area contributed by atoms with Crippen LogP contribution in [0.2, 0.25) is 0 Å². The van der Waals surface area contributed by atoms with E-state index in [2.05, 4.69) is 27.7 Å². The largest absolute Gasteiger partial charge is 0.472 e. The molecule has 0 amide bonds. The van der Waals surface area contributed by atoms with E-state index in [0.717, 1.165) is 89.9 Å². The van der Waals surface area contributed by atoms with Crippen LogP contribution >= 0.6 is 15.6 Å². The molecule has 0 saturated heterocycles. The molecular formula is C76H148O17P2. The SMILES string of the molecule is CCCCCCCCCCCCCCCCCCC(=O)O[C@H](COC(=O)CCCCCCCCCCCCCCCCC)COP(=O)(O)OC[C@@H](O)COP(=O)(O)OC[C@@H](COC(=O)CCCCCCCCCCCCC)OC(=O)CCCCCCCCCCCCCCC. The van der Waals surface area contributed by atoms with Gasteiger partial charge in [-0.2, -0.15) is 0 Å². The molecule has 0 aliphatic carbocycles. The van der Waals surface area contributed by atoms with Crippen LogP contribution in [0.5, 0.6) is 0 Å². The number of carbonyl (C=O) groups is 4. The van der Waals surface area contributed by atoms with Crippen LogP contribution in [-0.2, 0) is 65.4 Å². The lowest BCUT2D eigenvalue weighted by Gasteiger charge is -2.21. The molecular weight excluding hydrogens is 1250 g/mol. The van der Waals surface area contributed by atoms with E-state index in [1.807, 2.05) is 0 Å². The first-order chi connectivity index (χ1) is 46.2. The van der Waals surface area contributed by atoms with Crippen LogP contribution in [0.4, 0.5) is 0 Å². The van der Waals surface area contributed by atoms with Gasteiger partial charge in [-0.1, -0.05) is 355 Å². The van der Waals surface area contributed by atoms with Gasteiger partial charge in [0.1, 0.15) is 19.3 Å². The predicted octanol–water partition coefficient (Wildman–Crippen LogP) is 22.6. The molecule has 0 fully saturated rings. The van der Waals surface area contributed by atoms with Crippen molar-refractivity contribution in [3.8, 4) is 0 Å². The van der Waals surface area contributed by atoms with E-state index in [0.29, 0.717) is 25.7 Å². The van der Waals surface area contributed by atoms with Crippen molar-refractivity contribution in [3.63, 3.8) is 0 Å². The maximum Gasteiger partial charge on any atom is 0.472 e. The Morgan fingerprint density at radius 1 is 0.253 bits per heavy atom. The Morgan fingerprint density at radius 2 is 0.421 bits per heavy atom.